The number of rotatable bonds is 2. The number of nitrogens with zero attached hydrogens (tertiary/aromatic N) is 2. The van der Waals surface area contributed by atoms with E-state index in [1.807, 2.05) is 19.2 Å². The largest absolute Gasteiger partial charge is 0.391 e. The molecule has 2 heterocycles. The minimum atomic E-state index is -0.514. The van der Waals surface area contributed by atoms with E-state index in [1.165, 1.54) is 0 Å². The summed E-state index contributed by atoms with van der Waals surface area (Å²) in [7, 11) is 0. The number of hydrogen-bond donors (Lipinski definition) is 1. The Morgan fingerprint density at radius 2 is 2.47 bits per heavy atom. The topological polar surface area (TPSA) is 53.4 Å². The molecule has 0 aromatic carbocycles. The van der Waals surface area contributed by atoms with Gasteiger partial charge >= 0.3 is 0 Å². The molecule has 0 spiro atoms. The molecule has 1 aliphatic heterocycles. The number of amides is 1. The van der Waals surface area contributed by atoms with E-state index in [2.05, 4.69) is 4.98 Å². The number of likely N-dealkylation sites (tertiary alicyclic amines) is 1. The maximum Gasteiger partial charge on any atom is 0.225 e. The van der Waals surface area contributed by atoms with Gasteiger partial charge in [0.1, 0.15) is 0 Å². The van der Waals surface area contributed by atoms with Crippen molar-refractivity contribution in [3.8, 4) is 0 Å². The maximum absolute atomic E-state index is 11.5. The van der Waals surface area contributed by atoms with E-state index >= 15 is 0 Å². The predicted octanol–water partition coefficient (Wildman–Crippen LogP) is 1.11. The second kappa shape index (κ2) is 3.90. The molecule has 0 saturated carbocycles. The van der Waals surface area contributed by atoms with E-state index in [-0.39, 0.29) is 18.4 Å². The Morgan fingerprint density at radius 1 is 1.73 bits per heavy atom. The van der Waals surface area contributed by atoms with Gasteiger partial charge in [-0.1, -0.05) is 0 Å². The van der Waals surface area contributed by atoms with Crippen LogP contribution in [0.3, 0.4) is 0 Å². The van der Waals surface area contributed by atoms with Gasteiger partial charge in [-0.25, -0.2) is 4.98 Å². The smallest absolute Gasteiger partial charge is 0.225 e. The van der Waals surface area contributed by atoms with Crippen LogP contribution < -0.4 is 0 Å². The first-order valence-corrected chi connectivity index (χ1v) is 5.85. The van der Waals surface area contributed by atoms with Crippen LogP contribution in [0.25, 0.3) is 0 Å². The summed E-state index contributed by atoms with van der Waals surface area (Å²) in [5, 5.41) is 12.4. The summed E-state index contributed by atoms with van der Waals surface area (Å²) in [6.07, 6.45) is -0.271. The monoisotopic (exact) mass is 226 g/mol. The highest BCUT2D eigenvalue weighted by Crippen LogP contribution is 2.26. The number of aliphatic hydroxyl groups excluding tert-OH is 1. The first kappa shape index (κ1) is 10.6. The van der Waals surface area contributed by atoms with Crippen molar-refractivity contribution in [3.63, 3.8) is 0 Å². The number of carbonyl (C=O) groups is 1. The van der Waals surface area contributed by atoms with E-state index in [9.17, 15) is 9.90 Å². The highest BCUT2D eigenvalue weighted by Gasteiger charge is 2.32. The van der Waals surface area contributed by atoms with E-state index < -0.39 is 6.10 Å². The lowest BCUT2D eigenvalue weighted by molar-refractivity contribution is -0.129. The number of thiazole rings is 1. The Bertz CT molecular complexity index is 377. The van der Waals surface area contributed by atoms with Crippen molar-refractivity contribution in [2.24, 2.45) is 0 Å². The number of aryl methyl sites for hydroxylation is 1. The lowest BCUT2D eigenvalue weighted by atomic mass is 10.2. The summed E-state index contributed by atoms with van der Waals surface area (Å²) < 4.78 is 0. The molecular weight excluding hydrogens is 212 g/mol. The molecule has 4 nitrogen and oxygen atoms in total. The molecule has 2 atom stereocenters. The van der Waals surface area contributed by atoms with Crippen LogP contribution in [0.4, 0.5) is 0 Å². The highest BCUT2D eigenvalue weighted by molar-refractivity contribution is 7.09. The van der Waals surface area contributed by atoms with Gasteiger partial charge in [0.15, 0.2) is 0 Å². The number of aromatic nitrogens is 1. The van der Waals surface area contributed by atoms with Crippen molar-refractivity contribution in [3.05, 3.63) is 16.1 Å². The quantitative estimate of drug-likeness (QED) is 0.821. The van der Waals surface area contributed by atoms with Gasteiger partial charge in [-0.3, -0.25) is 4.79 Å². The van der Waals surface area contributed by atoms with Gasteiger partial charge < -0.3 is 10.0 Å². The lowest BCUT2D eigenvalue weighted by Crippen LogP contribution is -2.29. The fraction of sp³-hybridized carbons (Fsp3) is 0.600. The summed E-state index contributed by atoms with van der Waals surface area (Å²) in [5.41, 5.74) is 0.917. The second-order valence-corrected chi connectivity index (χ2v) is 4.93. The highest BCUT2D eigenvalue weighted by atomic mass is 32.1. The molecule has 1 aliphatic rings. The zero-order valence-corrected chi connectivity index (χ0v) is 9.62. The molecule has 0 radical (unpaired) electrons. The molecule has 1 fully saturated rings. The zero-order valence-electron chi connectivity index (χ0n) is 8.80. The Kier molecular flexibility index (Phi) is 2.75. The van der Waals surface area contributed by atoms with Gasteiger partial charge in [0, 0.05) is 11.9 Å². The van der Waals surface area contributed by atoms with Crippen molar-refractivity contribution in [2.45, 2.75) is 32.4 Å². The average Bonchev–Trinajstić information content (AvgIpc) is 2.71. The summed E-state index contributed by atoms with van der Waals surface area (Å²) in [6, 6.07) is -0.0281. The van der Waals surface area contributed by atoms with Crippen LogP contribution in [0.2, 0.25) is 0 Å². The first-order valence-electron chi connectivity index (χ1n) is 4.97. The van der Waals surface area contributed by atoms with Gasteiger partial charge in [0.2, 0.25) is 5.91 Å². The third kappa shape index (κ3) is 2.03. The molecule has 82 valence electrons. The summed E-state index contributed by atoms with van der Waals surface area (Å²) in [6.45, 7) is 4.32. The van der Waals surface area contributed by atoms with Crippen molar-refractivity contribution >= 4 is 17.2 Å². The standard InChI is InChI=1S/C10H14N2O2S/c1-6(9-5-15-7(2)11-9)12-4-8(13)3-10(12)14/h5-6,8,13H,3-4H2,1-2H3. The third-order valence-corrected chi connectivity index (χ3v) is 3.46. The Hall–Kier alpha value is -0.940. The van der Waals surface area contributed by atoms with Crippen LogP contribution >= 0.6 is 11.3 Å². The minimum Gasteiger partial charge on any atom is -0.391 e. The average molecular weight is 226 g/mol. The molecule has 5 heteroatoms. The fourth-order valence-electron chi connectivity index (χ4n) is 1.82. The molecule has 15 heavy (non-hydrogen) atoms. The van der Waals surface area contributed by atoms with E-state index in [0.717, 1.165) is 10.7 Å². The maximum atomic E-state index is 11.5. The molecule has 2 rings (SSSR count). The van der Waals surface area contributed by atoms with E-state index in [4.69, 9.17) is 0 Å². The van der Waals surface area contributed by atoms with Crippen molar-refractivity contribution < 1.29 is 9.90 Å². The summed E-state index contributed by atoms with van der Waals surface area (Å²) in [5.74, 6) is 0.0145. The zero-order chi connectivity index (χ0) is 11.0. The second-order valence-electron chi connectivity index (χ2n) is 3.87. The number of aliphatic hydroxyl groups is 1. The van der Waals surface area contributed by atoms with Crippen molar-refractivity contribution in [2.75, 3.05) is 6.54 Å². The van der Waals surface area contributed by atoms with Crippen LogP contribution in [0, 0.1) is 6.92 Å². The number of β-amino-alcohol motifs (C(OH)–C–C–N with tert-alkyl or cyclic N) is 1. The Balaban J connectivity index is 2.14. The van der Waals surface area contributed by atoms with Gasteiger partial charge in [0.05, 0.1) is 29.3 Å². The fourth-order valence-corrected chi connectivity index (χ4v) is 2.52. The molecule has 0 bridgehead atoms. The van der Waals surface area contributed by atoms with E-state index in [0.29, 0.717) is 6.54 Å². The van der Waals surface area contributed by atoms with Gasteiger partial charge in [-0.2, -0.15) is 0 Å². The van der Waals surface area contributed by atoms with Gasteiger partial charge in [-0.15, -0.1) is 11.3 Å². The van der Waals surface area contributed by atoms with Crippen LogP contribution in [-0.4, -0.2) is 33.5 Å². The summed E-state index contributed by atoms with van der Waals surface area (Å²) in [4.78, 5) is 17.6. The van der Waals surface area contributed by atoms with Crippen LogP contribution in [0.15, 0.2) is 5.38 Å². The van der Waals surface area contributed by atoms with Gasteiger partial charge in [0.25, 0.3) is 0 Å². The van der Waals surface area contributed by atoms with Crippen molar-refractivity contribution in [1.82, 2.24) is 9.88 Å². The molecule has 1 N–H and O–H groups in total. The van der Waals surface area contributed by atoms with Crippen molar-refractivity contribution in [1.29, 1.82) is 0 Å². The van der Waals surface area contributed by atoms with Crippen LogP contribution in [0.5, 0.6) is 0 Å². The Morgan fingerprint density at radius 3 is 2.93 bits per heavy atom. The molecule has 2 unspecified atom stereocenters. The molecular formula is C10H14N2O2S. The number of hydrogen-bond acceptors (Lipinski definition) is 4. The summed E-state index contributed by atoms with van der Waals surface area (Å²) >= 11 is 1.58. The number of carbonyl (C=O) groups excluding carboxylic acids is 1. The van der Waals surface area contributed by atoms with E-state index in [1.54, 1.807) is 16.2 Å². The molecule has 1 amide bonds. The molecule has 1 aromatic heterocycles. The van der Waals surface area contributed by atoms with Gasteiger partial charge in [-0.05, 0) is 13.8 Å². The third-order valence-electron chi connectivity index (χ3n) is 2.67. The van der Waals surface area contributed by atoms with Crippen LogP contribution in [-0.2, 0) is 4.79 Å². The van der Waals surface area contributed by atoms with Crippen LogP contribution in [0.1, 0.15) is 30.1 Å². The SMILES string of the molecule is Cc1nc(C(C)N2CC(O)CC2=O)cs1. The molecule has 1 saturated heterocycles. The minimum absolute atomic E-state index is 0.0145. The molecule has 0 aliphatic carbocycles. The Labute approximate surface area is 92.6 Å². The normalized spacial score (nSPS) is 23.5. The first-order chi connectivity index (χ1) is 7.08. The lowest BCUT2D eigenvalue weighted by Gasteiger charge is -2.22. The predicted molar refractivity (Wildman–Crippen MR) is 57.6 cm³/mol. The molecule has 1 aromatic rings.